The van der Waals surface area contributed by atoms with Crippen LogP contribution >= 0.6 is 0 Å². The lowest BCUT2D eigenvalue weighted by Gasteiger charge is -2.33. The van der Waals surface area contributed by atoms with E-state index >= 15 is 0 Å². The monoisotopic (exact) mass is 150 g/mol. The molecule has 0 aromatic carbocycles. The first-order valence-electron chi connectivity index (χ1n) is 3.09. The molecule has 0 amide bonds. The maximum absolute atomic E-state index is 5.15. The smallest absolute Gasteiger partial charge is 0.381 e. The van der Waals surface area contributed by atoms with E-state index in [4.69, 9.17) is 19.3 Å². The molecule has 0 aromatic heterocycles. The Labute approximate surface area is 74.9 Å². The third-order valence-corrected chi connectivity index (χ3v) is 1.19. The molecule has 1 rings (SSSR count). The van der Waals surface area contributed by atoms with Gasteiger partial charge in [0.1, 0.15) is 0 Å². The number of hydrogen-bond acceptors (Lipinski definition) is 3. The van der Waals surface area contributed by atoms with Crippen molar-refractivity contribution in [2.24, 2.45) is 0 Å². The van der Waals surface area contributed by atoms with Crippen LogP contribution in [0, 0.1) is 37.4 Å². The lowest BCUT2D eigenvalue weighted by molar-refractivity contribution is 0.719. The Hall–Kier alpha value is -1.73. The summed E-state index contributed by atoms with van der Waals surface area (Å²) in [5.74, 6) is 0. The highest BCUT2D eigenvalue weighted by Crippen LogP contribution is 1.96. The Bertz CT molecular complexity index is 230. The summed E-state index contributed by atoms with van der Waals surface area (Å²) in [7, 11) is 4.69. The fourth-order valence-electron chi connectivity index (χ4n) is 0.692. The summed E-state index contributed by atoms with van der Waals surface area (Å²) in [5, 5.41) is 0. The average Bonchev–Trinajstić information content (AvgIpc) is 2.16. The second-order valence-electron chi connectivity index (χ2n) is 1.96. The van der Waals surface area contributed by atoms with Crippen LogP contribution < -0.4 is 0 Å². The molecule has 1 saturated heterocycles. The first kappa shape index (κ1) is 8.37. The van der Waals surface area contributed by atoms with Crippen molar-refractivity contribution in [1.29, 1.82) is 0 Å². The van der Waals surface area contributed by atoms with Gasteiger partial charge in [0.2, 0.25) is 0 Å². The minimum atomic E-state index is 1.43. The van der Waals surface area contributed by atoms with Gasteiger partial charge in [-0.25, -0.2) is 0 Å². The van der Waals surface area contributed by atoms with E-state index in [0.29, 0.717) is 0 Å². The predicted molar refractivity (Wildman–Crippen MR) is 49.3 cm³/mol. The highest BCUT2D eigenvalue weighted by atomic mass is 15.2. The molecule has 3 nitrogen and oxygen atoms in total. The van der Waals surface area contributed by atoms with Crippen LogP contribution in [0.15, 0.2) is 0 Å². The van der Waals surface area contributed by atoms with Gasteiger partial charge in [-0.1, -0.05) is 19.3 Å². The van der Waals surface area contributed by atoms with E-state index in [0.717, 1.165) is 0 Å². The highest BCUT2D eigenvalue weighted by molar-refractivity contribution is 6.66. The number of hydrogen-bond donors (Lipinski definition) is 0. The Morgan fingerprint density at radius 2 is 0.917 bits per heavy atom. The quantitative estimate of drug-likeness (QED) is 0.300. The minimum Gasteiger partial charge on any atom is -0.387 e. The highest BCUT2D eigenvalue weighted by Gasteiger charge is 2.24. The zero-order valence-electron chi connectivity index (χ0n) is 6.31. The Balaban J connectivity index is 2.63. The first-order valence-corrected chi connectivity index (χ1v) is 3.09. The van der Waals surface area contributed by atoms with Crippen LogP contribution in [0.3, 0.4) is 0 Å². The van der Waals surface area contributed by atoms with E-state index in [9.17, 15) is 0 Å². The maximum Gasteiger partial charge on any atom is 0.381 e. The van der Waals surface area contributed by atoms with E-state index in [1.165, 1.54) is 14.2 Å². The molecule has 0 atom stereocenters. The maximum atomic E-state index is 5.15. The van der Waals surface area contributed by atoms with E-state index in [1.54, 1.807) is 22.6 Å². The molecule has 1 aliphatic rings. The summed E-state index contributed by atoms with van der Waals surface area (Å²) in [5.41, 5.74) is 0. The fourth-order valence-corrected chi connectivity index (χ4v) is 0.692. The topological polar surface area (TPSA) is 9.72 Å². The molecule has 0 aliphatic carbocycles. The summed E-state index contributed by atoms with van der Waals surface area (Å²) < 4.78 is 4.29. The van der Waals surface area contributed by atoms with Crippen LogP contribution in [0.4, 0.5) is 0 Å². The van der Waals surface area contributed by atoms with Crippen molar-refractivity contribution in [3.05, 3.63) is 0 Å². The molecule has 1 aliphatic heterocycles. The summed E-state index contributed by atoms with van der Waals surface area (Å²) >= 11 is 0. The normalized spacial score (nSPS) is 14.2. The Kier molecular flexibility index (Phi) is 2.51. The molecule has 0 spiro atoms. The van der Waals surface area contributed by atoms with Gasteiger partial charge in [-0.15, -0.1) is 0 Å². The van der Waals surface area contributed by atoms with Gasteiger partial charge >= 0.3 is 22.6 Å². The number of rotatable bonds is 0. The number of nitrogens with zero attached hydrogens (tertiary/aromatic N) is 3. The summed E-state index contributed by atoms with van der Waals surface area (Å²) in [4.78, 5) is 0. The van der Waals surface area contributed by atoms with E-state index in [-0.39, 0.29) is 0 Å². The van der Waals surface area contributed by atoms with Crippen LogP contribution in [-0.4, -0.2) is 36.8 Å². The largest absolute Gasteiger partial charge is 0.387 e. The molecule has 1 heterocycles. The zero-order valence-corrected chi connectivity index (χ0v) is 6.31. The van der Waals surface area contributed by atoms with Crippen molar-refractivity contribution < 1.29 is 0 Å². The molecule has 0 saturated carbocycles. The van der Waals surface area contributed by atoms with Crippen LogP contribution in [-0.2, 0) is 0 Å². The second kappa shape index (κ2) is 3.60. The Morgan fingerprint density at radius 1 is 0.667 bits per heavy atom. The second-order valence-corrected chi connectivity index (χ2v) is 1.96. The molecule has 3 radical (unpaired) electrons. The minimum absolute atomic E-state index is 1.43. The molecule has 0 bridgehead atoms. The van der Waals surface area contributed by atoms with Crippen LogP contribution in [0.5, 0.6) is 0 Å². The summed E-state index contributed by atoms with van der Waals surface area (Å²) in [6.45, 7) is 0. The van der Waals surface area contributed by atoms with Gasteiger partial charge < -0.3 is 14.2 Å². The van der Waals surface area contributed by atoms with E-state index < -0.39 is 0 Å². The van der Waals surface area contributed by atoms with Gasteiger partial charge in [-0.05, 0) is 18.1 Å². The third kappa shape index (κ3) is 1.65. The van der Waals surface area contributed by atoms with Gasteiger partial charge in [-0.2, -0.15) is 0 Å². The average molecular weight is 150 g/mol. The van der Waals surface area contributed by atoms with Gasteiger partial charge in [0.25, 0.3) is 0 Å². The van der Waals surface area contributed by atoms with Gasteiger partial charge in [0.05, 0.1) is 0 Å². The molecule has 0 N–H and O–H groups in total. The molecule has 51 valence electrons. The molecule has 0 aromatic rings. The Morgan fingerprint density at radius 3 is 1.08 bits per heavy atom. The van der Waals surface area contributed by atoms with Gasteiger partial charge in [0.15, 0.2) is 0 Å². The van der Waals surface area contributed by atoms with E-state index in [1.807, 2.05) is 0 Å². The molecular weight excluding hydrogens is 147 g/mol. The predicted octanol–water partition coefficient (Wildman–Crippen LogP) is -1.72. The van der Waals surface area contributed by atoms with Crippen molar-refractivity contribution in [2.75, 3.05) is 0 Å². The fraction of sp³-hybridized carbons (Fsp3) is 0. The van der Waals surface area contributed by atoms with Crippen molar-refractivity contribution in [3.63, 3.8) is 0 Å². The summed E-state index contributed by atoms with van der Waals surface area (Å²) in [6, 6.07) is 7.08. The SMILES string of the molecule is C#CN1[B]N(C#C)[B]N(C#C)[B]1. The van der Waals surface area contributed by atoms with Crippen molar-refractivity contribution in [3.8, 4) is 37.4 Å². The van der Waals surface area contributed by atoms with E-state index in [2.05, 4.69) is 18.1 Å². The number of terminal acetylenes is 3. The third-order valence-electron chi connectivity index (χ3n) is 1.19. The molecule has 0 unspecified atom stereocenters. The lowest BCUT2D eigenvalue weighted by Crippen LogP contribution is -2.56. The lowest BCUT2D eigenvalue weighted by atomic mass is 9.76. The van der Waals surface area contributed by atoms with Crippen LogP contribution in [0.2, 0.25) is 0 Å². The van der Waals surface area contributed by atoms with Crippen LogP contribution in [0.25, 0.3) is 0 Å². The molecule has 6 heteroatoms. The molecule has 1 fully saturated rings. The van der Waals surface area contributed by atoms with Gasteiger partial charge in [0, 0.05) is 0 Å². The van der Waals surface area contributed by atoms with Crippen molar-refractivity contribution in [2.45, 2.75) is 0 Å². The van der Waals surface area contributed by atoms with Crippen molar-refractivity contribution in [1.82, 2.24) is 14.2 Å². The standard InChI is InChI=1S/C6H3B3N3/c1-4-10-7-11(5-2)9-12(6-3)8-10/h1-3H. The van der Waals surface area contributed by atoms with Crippen molar-refractivity contribution >= 4 is 22.6 Å². The molecular formula is C6H3B3N3. The first-order chi connectivity index (χ1) is 5.80. The molecule has 12 heavy (non-hydrogen) atoms. The van der Waals surface area contributed by atoms with Crippen LogP contribution in [0.1, 0.15) is 0 Å². The summed E-state index contributed by atoms with van der Waals surface area (Å²) in [6.07, 6.45) is 15.4. The van der Waals surface area contributed by atoms with Gasteiger partial charge in [-0.3, -0.25) is 0 Å². The zero-order chi connectivity index (χ0) is 8.97.